The Hall–Kier alpha value is -2.21. The van der Waals surface area contributed by atoms with Crippen LogP contribution in [0.2, 0.25) is 0 Å². The van der Waals surface area contributed by atoms with Crippen molar-refractivity contribution in [2.45, 2.75) is 6.92 Å². The molecule has 2 aromatic rings. The molecule has 0 bridgehead atoms. The second-order valence-corrected chi connectivity index (χ2v) is 6.11. The third-order valence-electron chi connectivity index (χ3n) is 3.82. The summed E-state index contributed by atoms with van der Waals surface area (Å²) in [5.41, 5.74) is 1.70. The van der Waals surface area contributed by atoms with Crippen molar-refractivity contribution in [3.63, 3.8) is 0 Å². The van der Waals surface area contributed by atoms with Crippen LogP contribution in [0, 0.1) is 0 Å². The molecule has 2 amide bonds. The van der Waals surface area contributed by atoms with Crippen molar-refractivity contribution >= 4 is 23.2 Å². The van der Waals surface area contributed by atoms with Crippen LogP contribution in [0.5, 0.6) is 0 Å². The van der Waals surface area contributed by atoms with E-state index in [1.54, 1.807) is 34.3 Å². The minimum Gasteiger partial charge on any atom is -0.339 e. The van der Waals surface area contributed by atoms with E-state index in [0.29, 0.717) is 31.7 Å². The molecule has 1 fully saturated rings. The lowest BCUT2D eigenvalue weighted by molar-refractivity contribution is -0.130. The number of benzene rings is 1. The number of hydrogen-bond acceptors (Lipinski definition) is 4. The highest BCUT2D eigenvalue weighted by Gasteiger charge is 2.23. The average Bonchev–Trinajstić information content (AvgIpc) is 3.09. The molecule has 5 nitrogen and oxygen atoms in total. The lowest BCUT2D eigenvalue weighted by Crippen LogP contribution is -2.50. The molecule has 0 aliphatic carbocycles. The maximum Gasteiger partial charge on any atom is 0.253 e. The van der Waals surface area contributed by atoms with Gasteiger partial charge in [-0.1, -0.05) is 12.1 Å². The molecule has 114 valence electrons. The molecule has 1 aromatic heterocycles. The Bertz CT molecular complexity index is 659. The molecule has 0 radical (unpaired) electrons. The zero-order valence-electron chi connectivity index (χ0n) is 12.4. The SMILES string of the molecule is CC(=O)N1CCN(C(=O)c2ccc(-c3nccs3)cc2)CC1. The highest BCUT2D eigenvalue weighted by molar-refractivity contribution is 7.13. The Labute approximate surface area is 133 Å². The van der Waals surface area contributed by atoms with Gasteiger partial charge in [-0.15, -0.1) is 11.3 Å². The predicted octanol–water partition coefficient (Wildman–Crippen LogP) is 2.11. The van der Waals surface area contributed by atoms with Crippen molar-refractivity contribution < 1.29 is 9.59 Å². The van der Waals surface area contributed by atoms with E-state index in [1.807, 2.05) is 29.6 Å². The molecule has 1 aliphatic heterocycles. The lowest BCUT2D eigenvalue weighted by atomic mass is 10.1. The fourth-order valence-corrected chi connectivity index (χ4v) is 3.17. The van der Waals surface area contributed by atoms with Gasteiger partial charge in [-0.3, -0.25) is 9.59 Å². The number of carbonyl (C=O) groups is 2. The fourth-order valence-electron chi connectivity index (χ4n) is 2.53. The molecule has 0 saturated carbocycles. The van der Waals surface area contributed by atoms with Gasteiger partial charge in [-0.2, -0.15) is 0 Å². The quantitative estimate of drug-likeness (QED) is 0.853. The molecule has 2 heterocycles. The van der Waals surface area contributed by atoms with E-state index in [1.165, 1.54) is 0 Å². The molecule has 1 aliphatic rings. The first kappa shape index (κ1) is 14.7. The van der Waals surface area contributed by atoms with E-state index < -0.39 is 0 Å². The minimum absolute atomic E-state index is 0.0221. The first-order valence-electron chi connectivity index (χ1n) is 7.20. The van der Waals surface area contributed by atoms with E-state index in [9.17, 15) is 9.59 Å². The van der Waals surface area contributed by atoms with Crippen molar-refractivity contribution in [2.75, 3.05) is 26.2 Å². The summed E-state index contributed by atoms with van der Waals surface area (Å²) in [6.07, 6.45) is 1.77. The molecule has 1 aromatic carbocycles. The van der Waals surface area contributed by atoms with Crippen molar-refractivity contribution in [3.05, 3.63) is 41.4 Å². The summed E-state index contributed by atoms with van der Waals surface area (Å²) in [5.74, 6) is 0.0915. The molecule has 22 heavy (non-hydrogen) atoms. The highest BCUT2D eigenvalue weighted by atomic mass is 32.1. The Morgan fingerprint density at radius 2 is 1.68 bits per heavy atom. The normalized spacial score (nSPS) is 15.0. The van der Waals surface area contributed by atoms with Crippen LogP contribution in [0.3, 0.4) is 0 Å². The van der Waals surface area contributed by atoms with Gasteiger partial charge in [-0.05, 0) is 12.1 Å². The van der Waals surface area contributed by atoms with Crippen LogP contribution in [0.25, 0.3) is 10.6 Å². The number of rotatable bonds is 2. The monoisotopic (exact) mass is 315 g/mol. The predicted molar refractivity (Wildman–Crippen MR) is 85.7 cm³/mol. The lowest BCUT2D eigenvalue weighted by Gasteiger charge is -2.34. The number of amides is 2. The second kappa shape index (κ2) is 6.27. The number of aromatic nitrogens is 1. The van der Waals surface area contributed by atoms with Crippen molar-refractivity contribution in [1.82, 2.24) is 14.8 Å². The Balaban J connectivity index is 1.67. The molecular weight excluding hydrogens is 298 g/mol. The molecule has 0 spiro atoms. The van der Waals surface area contributed by atoms with Gasteiger partial charge in [0.25, 0.3) is 5.91 Å². The smallest absolute Gasteiger partial charge is 0.253 e. The third-order valence-corrected chi connectivity index (χ3v) is 4.65. The summed E-state index contributed by atoms with van der Waals surface area (Å²) in [6.45, 7) is 3.96. The Kier molecular flexibility index (Phi) is 4.20. The maximum atomic E-state index is 12.5. The maximum absolute atomic E-state index is 12.5. The first-order valence-corrected chi connectivity index (χ1v) is 8.08. The van der Waals surface area contributed by atoms with Gasteiger partial charge < -0.3 is 9.80 Å². The molecule has 0 unspecified atom stereocenters. The highest BCUT2D eigenvalue weighted by Crippen LogP contribution is 2.22. The van der Waals surface area contributed by atoms with Gasteiger partial charge in [0, 0.05) is 55.8 Å². The van der Waals surface area contributed by atoms with Crippen molar-refractivity contribution in [2.24, 2.45) is 0 Å². The molecular formula is C16H17N3O2S. The third kappa shape index (κ3) is 3.01. The second-order valence-electron chi connectivity index (χ2n) is 5.21. The van der Waals surface area contributed by atoms with Crippen LogP contribution in [0.4, 0.5) is 0 Å². The standard InChI is InChI=1S/C16H17N3O2S/c1-12(20)18-7-9-19(10-8-18)16(21)14-4-2-13(3-5-14)15-17-6-11-22-15/h2-6,11H,7-10H2,1H3. The molecule has 0 N–H and O–H groups in total. The number of carbonyl (C=O) groups excluding carboxylic acids is 2. The van der Waals surface area contributed by atoms with E-state index in [0.717, 1.165) is 10.6 Å². The molecule has 0 atom stereocenters. The van der Waals surface area contributed by atoms with Crippen LogP contribution >= 0.6 is 11.3 Å². The van der Waals surface area contributed by atoms with Crippen LogP contribution < -0.4 is 0 Å². The van der Waals surface area contributed by atoms with Gasteiger partial charge in [-0.25, -0.2) is 4.98 Å². The Morgan fingerprint density at radius 3 is 2.23 bits per heavy atom. The van der Waals surface area contributed by atoms with Crippen molar-refractivity contribution in [3.8, 4) is 10.6 Å². The molecule has 1 saturated heterocycles. The minimum atomic E-state index is 0.0221. The average molecular weight is 315 g/mol. The molecule has 6 heteroatoms. The summed E-state index contributed by atoms with van der Waals surface area (Å²) in [5, 5.41) is 2.89. The van der Waals surface area contributed by atoms with E-state index in [4.69, 9.17) is 0 Å². The zero-order valence-corrected chi connectivity index (χ0v) is 13.2. The topological polar surface area (TPSA) is 53.5 Å². The Morgan fingerprint density at radius 1 is 1.05 bits per heavy atom. The number of nitrogens with zero attached hydrogens (tertiary/aromatic N) is 3. The van der Waals surface area contributed by atoms with Gasteiger partial charge in [0.2, 0.25) is 5.91 Å². The van der Waals surface area contributed by atoms with Crippen LogP contribution in [0.1, 0.15) is 17.3 Å². The first-order chi connectivity index (χ1) is 10.6. The van der Waals surface area contributed by atoms with E-state index in [-0.39, 0.29) is 11.8 Å². The summed E-state index contributed by atoms with van der Waals surface area (Å²) < 4.78 is 0. The summed E-state index contributed by atoms with van der Waals surface area (Å²) >= 11 is 1.58. The molecule has 3 rings (SSSR count). The van der Waals surface area contributed by atoms with Gasteiger partial charge in [0.1, 0.15) is 5.01 Å². The fraction of sp³-hybridized carbons (Fsp3) is 0.312. The largest absolute Gasteiger partial charge is 0.339 e. The van der Waals surface area contributed by atoms with Gasteiger partial charge in [0.05, 0.1) is 0 Å². The number of thiazole rings is 1. The van der Waals surface area contributed by atoms with Crippen LogP contribution in [-0.2, 0) is 4.79 Å². The summed E-state index contributed by atoms with van der Waals surface area (Å²) in [6, 6.07) is 7.54. The zero-order chi connectivity index (χ0) is 15.5. The van der Waals surface area contributed by atoms with Crippen molar-refractivity contribution in [1.29, 1.82) is 0 Å². The summed E-state index contributed by atoms with van der Waals surface area (Å²) in [4.78, 5) is 31.6. The van der Waals surface area contributed by atoms with E-state index >= 15 is 0 Å². The van der Waals surface area contributed by atoms with Crippen LogP contribution in [0.15, 0.2) is 35.8 Å². The number of hydrogen-bond donors (Lipinski definition) is 0. The van der Waals surface area contributed by atoms with Gasteiger partial charge >= 0.3 is 0 Å². The van der Waals surface area contributed by atoms with Gasteiger partial charge in [0.15, 0.2) is 0 Å². The van der Waals surface area contributed by atoms with Crippen LogP contribution in [-0.4, -0.2) is 52.8 Å². The summed E-state index contributed by atoms with van der Waals surface area (Å²) in [7, 11) is 0. The number of piperazine rings is 1. The van der Waals surface area contributed by atoms with E-state index in [2.05, 4.69) is 4.98 Å².